The second kappa shape index (κ2) is 8.14. The Labute approximate surface area is 164 Å². The first-order valence-corrected chi connectivity index (χ1v) is 9.39. The standard InChI is InChI=1S/C21H26N2O5/c1-12-10-23(11-13(2)27-12)20(24)15(4)28-21(25)18-9-16-8-17(26-5)6-7-19(16)22-14(18)3/h6-9,12-13,15H,10-11H2,1-5H3. The zero-order valence-electron chi connectivity index (χ0n) is 16.9. The van der Waals surface area contributed by atoms with Crippen molar-refractivity contribution in [3.63, 3.8) is 0 Å². The van der Waals surface area contributed by atoms with Crippen LogP contribution >= 0.6 is 0 Å². The highest BCUT2D eigenvalue weighted by atomic mass is 16.5. The zero-order chi connectivity index (χ0) is 20.4. The minimum atomic E-state index is -0.884. The molecule has 2 heterocycles. The molecule has 2 aromatic rings. The third-order valence-electron chi connectivity index (χ3n) is 4.80. The van der Waals surface area contributed by atoms with Crippen molar-refractivity contribution in [2.45, 2.75) is 46.0 Å². The highest BCUT2D eigenvalue weighted by Crippen LogP contribution is 2.23. The lowest BCUT2D eigenvalue weighted by Gasteiger charge is -2.36. The molecule has 0 radical (unpaired) electrons. The zero-order valence-corrected chi connectivity index (χ0v) is 16.9. The highest BCUT2D eigenvalue weighted by molar-refractivity contribution is 5.96. The van der Waals surface area contributed by atoms with Crippen LogP contribution in [0.4, 0.5) is 0 Å². The van der Waals surface area contributed by atoms with Gasteiger partial charge in [-0.15, -0.1) is 0 Å². The summed E-state index contributed by atoms with van der Waals surface area (Å²) in [7, 11) is 1.58. The van der Waals surface area contributed by atoms with E-state index in [0.717, 1.165) is 10.9 Å². The number of esters is 1. The Kier molecular flexibility index (Phi) is 5.84. The number of fused-ring (bicyclic) bond motifs is 1. The SMILES string of the molecule is COc1ccc2nc(C)c(C(=O)OC(C)C(=O)N3CC(C)OC(C)C3)cc2c1. The summed E-state index contributed by atoms with van der Waals surface area (Å²) in [6.07, 6.45) is -0.972. The second-order valence-corrected chi connectivity index (χ2v) is 7.23. The van der Waals surface area contributed by atoms with E-state index in [4.69, 9.17) is 14.2 Å². The summed E-state index contributed by atoms with van der Waals surface area (Å²) in [6.45, 7) is 8.16. The molecule has 1 fully saturated rings. The molecule has 0 aliphatic carbocycles. The third-order valence-corrected chi connectivity index (χ3v) is 4.80. The van der Waals surface area contributed by atoms with E-state index >= 15 is 0 Å². The van der Waals surface area contributed by atoms with E-state index in [2.05, 4.69) is 4.98 Å². The van der Waals surface area contributed by atoms with Gasteiger partial charge in [0.05, 0.1) is 36.1 Å². The van der Waals surface area contributed by atoms with Gasteiger partial charge in [0.25, 0.3) is 5.91 Å². The number of benzene rings is 1. The molecule has 7 heteroatoms. The Bertz CT molecular complexity index is 888. The first-order valence-electron chi connectivity index (χ1n) is 9.39. The first-order chi connectivity index (χ1) is 13.3. The Morgan fingerprint density at radius 1 is 1.21 bits per heavy atom. The van der Waals surface area contributed by atoms with Gasteiger partial charge in [-0.25, -0.2) is 4.79 Å². The van der Waals surface area contributed by atoms with E-state index in [1.54, 1.807) is 31.9 Å². The molecule has 28 heavy (non-hydrogen) atoms. The van der Waals surface area contributed by atoms with Gasteiger partial charge in [-0.2, -0.15) is 0 Å². The first kappa shape index (κ1) is 20.1. The summed E-state index contributed by atoms with van der Waals surface area (Å²) in [5.74, 6) is -0.107. The molecule has 1 aliphatic rings. The lowest BCUT2D eigenvalue weighted by Crippen LogP contribution is -2.51. The monoisotopic (exact) mass is 386 g/mol. The van der Waals surface area contributed by atoms with Gasteiger partial charge in [-0.1, -0.05) is 0 Å². The van der Waals surface area contributed by atoms with Gasteiger partial charge in [-0.3, -0.25) is 9.78 Å². The van der Waals surface area contributed by atoms with Crippen molar-refractivity contribution in [1.29, 1.82) is 0 Å². The Balaban J connectivity index is 1.76. The number of amides is 1. The van der Waals surface area contributed by atoms with E-state index < -0.39 is 12.1 Å². The fourth-order valence-electron chi connectivity index (χ4n) is 3.47. The van der Waals surface area contributed by atoms with Gasteiger partial charge in [-0.05, 0) is 52.0 Å². The number of rotatable bonds is 4. The van der Waals surface area contributed by atoms with Crippen molar-refractivity contribution >= 4 is 22.8 Å². The van der Waals surface area contributed by atoms with Crippen LogP contribution in [0.2, 0.25) is 0 Å². The van der Waals surface area contributed by atoms with Crippen LogP contribution < -0.4 is 4.74 Å². The number of aromatic nitrogens is 1. The smallest absolute Gasteiger partial charge is 0.340 e. The van der Waals surface area contributed by atoms with Gasteiger partial charge in [0.2, 0.25) is 0 Å². The molecule has 0 N–H and O–H groups in total. The fraction of sp³-hybridized carbons (Fsp3) is 0.476. The highest BCUT2D eigenvalue weighted by Gasteiger charge is 2.31. The molecule has 0 saturated carbocycles. The summed E-state index contributed by atoms with van der Waals surface area (Å²) >= 11 is 0. The van der Waals surface area contributed by atoms with Crippen LogP contribution in [0.25, 0.3) is 10.9 Å². The van der Waals surface area contributed by atoms with Gasteiger partial charge in [0, 0.05) is 18.5 Å². The molecule has 3 unspecified atom stereocenters. The van der Waals surface area contributed by atoms with Gasteiger partial charge in [0.15, 0.2) is 6.10 Å². The molecule has 3 atom stereocenters. The fourth-order valence-corrected chi connectivity index (χ4v) is 3.47. The van der Waals surface area contributed by atoms with E-state index in [1.807, 2.05) is 32.0 Å². The number of aryl methyl sites for hydroxylation is 1. The van der Waals surface area contributed by atoms with Crippen LogP contribution in [0.5, 0.6) is 5.75 Å². The maximum Gasteiger partial charge on any atom is 0.340 e. The molecular formula is C21H26N2O5. The van der Waals surface area contributed by atoms with Crippen LogP contribution in [0.1, 0.15) is 36.8 Å². The number of methoxy groups -OCH3 is 1. The molecule has 0 spiro atoms. The molecule has 1 amide bonds. The van der Waals surface area contributed by atoms with E-state index in [0.29, 0.717) is 30.1 Å². The van der Waals surface area contributed by atoms with Crippen molar-refractivity contribution in [3.8, 4) is 5.75 Å². The lowest BCUT2D eigenvalue weighted by atomic mass is 10.1. The summed E-state index contributed by atoms with van der Waals surface area (Å²) < 4.78 is 16.3. The van der Waals surface area contributed by atoms with Gasteiger partial charge >= 0.3 is 5.97 Å². The van der Waals surface area contributed by atoms with Crippen molar-refractivity contribution in [1.82, 2.24) is 9.88 Å². The van der Waals surface area contributed by atoms with E-state index in [-0.39, 0.29) is 18.1 Å². The lowest BCUT2D eigenvalue weighted by molar-refractivity contribution is -0.151. The van der Waals surface area contributed by atoms with Gasteiger partial charge < -0.3 is 19.1 Å². The minimum Gasteiger partial charge on any atom is -0.497 e. The second-order valence-electron chi connectivity index (χ2n) is 7.23. The topological polar surface area (TPSA) is 78.0 Å². The van der Waals surface area contributed by atoms with Crippen molar-refractivity contribution in [2.24, 2.45) is 0 Å². The number of nitrogens with zero attached hydrogens (tertiary/aromatic N) is 2. The Morgan fingerprint density at radius 3 is 2.54 bits per heavy atom. The average molecular weight is 386 g/mol. The number of hydrogen-bond acceptors (Lipinski definition) is 6. The molecule has 1 aliphatic heterocycles. The molecule has 1 aromatic carbocycles. The van der Waals surface area contributed by atoms with Crippen molar-refractivity contribution < 1.29 is 23.8 Å². The molecule has 7 nitrogen and oxygen atoms in total. The van der Waals surface area contributed by atoms with Crippen molar-refractivity contribution in [3.05, 3.63) is 35.5 Å². The number of carbonyl (C=O) groups excluding carboxylic acids is 2. The maximum atomic E-state index is 12.7. The predicted octanol–water partition coefficient (Wildman–Crippen LogP) is 2.73. The summed E-state index contributed by atoms with van der Waals surface area (Å²) in [6, 6.07) is 7.18. The largest absolute Gasteiger partial charge is 0.497 e. The predicted molar refractivity (Wildman–Crippen MR) is 104 cm³/mol. The van der Waals surface area contributed by atoms with Crippen LogP contribution in [0.15, 0.2) is 24.3 Å². The molecule has 3 rings (SSSR count). The summed E-state index contributed by atoms with van der Waals surface area (Å²) in [5.41, 5.74) is 1.65. The van der Waals surface area contributed by atoms with Crippen LogP contribution in [0.3, 0.4) is 0 Å². The molecule has 1 aromatic heterocycles. The maximum absolute atomic E-state index is 12.7. The molecule has 150 valence electrons. The number of morpholine rings is 1. The van der Waals surface area contributed by atoms with E-state index in [9.17, 15) is 9.59 Å². The summed E-state index contributed by atoms with van der Waals surface area (Å²) in [5, 5.41) is 0.770. The molecular weight excluding hydrogens is 360 g/mol. The third kappa shape index (κ3) is 4.25. The quantitative estimate of drug-likeness (QED) is 0.752. The number of hydrogen-bond donors (Lipinski definition) is 0. The molecule has 0 bridgehead atoms. The number of ether oxygens (including phenoxy) is 3. The molecule has 1 saturated heterocycles. The number of carbonyl (C=O) groups is 2. The van der Waals surface area contributed by atoms with Gasteiger partial charge in [0.1, 0.15) is 5.75 Å². The van der Waals surface area contributed by atoms with Crippen LogP contribution in [-0.2, 0) is 14.3 Å². The minimum absolute atomic E-state index is 0.0440. The summed E-state index contributed by atoms with van der Waals surface area (Å²) in [4.78, 5) is 31.6. The average Bonchev–Trinajstić information content (AvgIpc) is 2.65. The Hall–Kier alpha value is -2.67. The Morgan fingerprint density at radius 2 is 1.89 bits per heavy atom. The van der Waals surface area contributed by atoms with Crippen LogP contribution in [0, 0.1) is 6.92 Å². The van der Waals surface area contributed by atoms with Crippen LogP contribution in [-0.4, -0.2) is 60.3 Å². The van der Waals surface area contributed by atoms with E-state index in [1.165, 1.54) is 0 Å². The number of pyridine rings is 1. The van der Waals surface area contributed by atoms with Crippen molar-refractivity contribution in [2.75, 3.05) is 20.2 Å². The normalized spacial score (nSPS) is 20.7.